The Kier molecular flexibility index (Phi) is 4.67. The van der Waals surface area contributed by atoms with Crippen LogP contribution < -0.4 is 14.8 Å². The van der Waals surface area contributed by atoms with E-state index < -0.39 is 10.0 Å². The molecule has 1 aliphatic rings. The molecule has 0 radical (unpaired) electrons. The number of nitrogens with one attached hydrogen (secondary N) is 2. The summed E-state index contributed by atoms with van der Waals surface area (Å²) in [6.07, 6.45) is 1.87. The predicted octanol–water partition coefficient (Wildman–Crippen LogP) is 1.34. The van der Waals surface area contributed by atoms with Gasteiger partial charge in [-0.2, -0.15) is 0 Å². The fourth-order valence-corrected chi connectivity index (χ4v) is 4.09. The molecule has 0 saturated carbocycles. The van der Waals surface area contributed by atoms with E-state index in [2.05, 4.69) is 10.0 Å². The van der Waals surface area contributed by atoms with Gasteiger partial charge in [-0.1, -0.05) is 0 Å². The summed E-state index contributed by atoms with van der Waals surface area (Å²) in [5.74, 6) is 0.709. The zero-order valence-electron chi connectivity index (χ0n) is 12.2. The van der Waals surface area contributed by atoms with Crippen LogP contribution in [0.4, 0.5) is 0 Å². The highest BCUT2D eigenvalue weighted by molar-refractivity contribution is 7.89. The van der Waals surface area contributed by atoms with Gasteiger partial charge in [0.2, 0.25) is 10.0 Å². The zero-order valence-corrected chi connectivity index (χ0v) is 13.0. The maximum Gasteiger partial charge on any atom is 0.241 e. The summed E-state index contributed by atoms with van der Waals surface area (Å²) in [7, 11) is -1.90. The zero-order chi connectivity index (χ0) is 14.8. The number of sulfonamides is 1. The molecule has 2 rings (SSSR count). The molecule has 0 aliphatic carbocycles. The third kappa shape index (κ3) is 3.31. The van der Waals surface area contributed by atoms with Crippen molar-refractivity contribution < 1.29 is 13.2 Å². The van der Waals surface area contributed by atoms with E-state index in [0.717, 1.165) is 24.9 Å². The molecular weight excluding hydrogens is 276 g/mol. The number of hydrogen-bond acceptors (Lipinski definition) is 4. The van der Waals surface area contributed by atoms with Crippen molar-refractivity contribution in [1.29, 1.82) is 0 Å². The molecule has 0 amide bonds. The smallest absolute Gasteiger partial charge is 0.241 e. The fraction of sp³-hybridized carbons (Fsp3) is 0.571. The summed E-state index contributed by atoms with van der Waals surface area (Å²) in [6, 6.07) is 3.41. The van der Waals surface area contributed by atoms with E-state index in [1.54, 1.807) is 26.2 Å². The molecule has 0 bridgehead atoms. The molecule has 0 unspecified atom stereocenters. The highest BCUT2D eigenvalue weighted by atomic mass is 32.2. The van der Waals surface area contributed by atoms with Gasteiger partial charge in [-0.05, 0) is 56.5 Å². The Morgan fingerprint density at radius 3 is 2.65 bits per heavy atom. The highest BCUT2D eigenvalue weighted by Gasteiger charge is 2.23. The minimum absolute atomic E-state index is 0.0319. The highest BCUT2D eigenvalue weighted by Crippen LogP contribution is 2.25. The van der Waals surface area contributed by atoms with Gasteiger partial charge in [0, 0.05) is 12.6 Å². The molecular formula is C14H22N2O3S. The molecule has 112 valence electrons. The molecule has 1 fully saturated rings. The molecule has 1 atom stereocenters. The standard InChI is InChI=1S/C14H22N2O3S/c1-10-8-14(11(2)7-13(10)19-3)20(17,18)16-12-5-4-6-15-9-12/h7-8,12,15-16H,4-6,9H2,1-3H3/t12-/m0/s1. The van der Waals surface area contributed by atoms with Crippen LogP contribution in [0.15, 0.2) is 17.0 Å². The molecule has 0 aromatic heterocycles. The Hall–Kier alpha value is -1.11. The van der Waals surface area contributed by atoms with Crippen molar-refractivity contribution in [3.05, 3.63) is 23.3 Å². The molecule has 1 aromatic carbocycles. The first kappa shape index (κ1) is 15.3. The van der Waals surface area contributed by atoms with Crippen molar-refractivity contribution in [3.8, 4) is 5.75 Å². The summed E-state index contributed by atoms with van der Waals surface area (Å²) >= 11 is 0. The molecule has 20 heavy (non-hydrogen) atoms. The van der Waals surface area contributed by atoms with Gasteiger partial charge in [0.25, 0.3) is 0 Å². The molecule has 1 heterocycles. The lowest BCUT2D eigenvalue weighted by atomic mass is 10.1. The molecule has 2 N–H and O–H groups in total. The van der Waals surface area contributed by atoms with E-state index >= 15 is 0 Å². The number of benzene rings is 1. The van der Waals surface area contributed by atoms with Crippen LogP contribution in [0.25, 0.3) is 0 Å². The number of ether oxygens (including phenoxy) is 1. The molecule has 0 spiro atoms. The van der Waals surface area contributed by atoms with E-state index in [1.165, 1.54) is 0 Å². The lowest BCUT2D eigenvalue weighted by molar-refractivity contribution is 0.410. The minimum Gasteiger partial charge on any atom is -0.496 e. The third-order valence-corrected chi connectivity index (χ3v) is 5.26. The number of hydrogen-bond donors (Lipinski definition) is 2. The first-order valence-electron chi connectivity index (χ1n) is 6.82. The van der Waals surface area contributed by atoms with E-state index in [4.69, 9.17) is 4.74 Å². The second kappa shape index (κ2) is 6.11. The summed E-state index contributed by atoms with van der Waals surface area (Å²) in [5, 5.41) is 3.21. The van der Waals surface area contributed by atoms with E-state index in [1.807, 2.05) is 6.92 Å². The number of aryl methyl sites for hydroxylation is 2. The van der Waals surface area contributed by atoms with Crippen LogP contribution >= 0.6 is 0 Å². The molecule has 1 aliphatic heterocycles. The van der Waals surface area contributed by atoms with Crippen molar-refractivity contribution in [2.45, 2.75) is 37.6 Å². The second-order valence-corrected chi connectivity index (χ2v) is 6.93. The lowest BCUT2D eigenvalue weighted by Gasteiger charge is -2.24. The fourth-order valence-electron chi connectivity index (χ4n) is 2.51. The van der Waals surface area contributed by atoms with Crippen molar-refractivity contribution in [2.75, 3.05) is 20.2 Å². The van der Waals surface area contributed by atoms with Gasteiger partial charge in [-0.15, -0.1) is 0 Å². The number of methoxy groups -OCH3 is 1. The van der Waals surface area contributed by atoms with E-state index in [-0.39, 0.29) is 6.04 Å². The average molecular weight is 298 g/mol. The molecule has 5 nitrogen and oxygen atoms in total. The first-order chi connectivity index (χ1) is 9.44. The molecule has 1 aromatic rings. The SMILES string of the molecule is COc1cc(C)c(S(=O)(=O)N[C@H]2CCCNC2)cc1C. The summed E-state index contributed by atoms with van der Waals surface area (Å²) in [4.78, 5) is 0.335. The molecule has 1 saturated heterocycles. The quantitative estimate of drug-likeness (QED) is 0.880. The van der Waals surface area contributed by atoms with Crippen LogP contribution in [0, 0.1) is 13.8 Å². The van der Waals surface area contributed by atoms with Crippen LogP contribution in [0.3, 0.4) is 0 Å². The van der Waals surface area contributed by atoms with Gasteiger partial charge in [-0.25, -0.2) is 13.1 Å². The number of piperidine rings is 1. The van der Waals surface area contributed by atoms with Gasteiger partial charge >= 0.3 is 0 Å². The Morgan fingerprint density at radius 1 is 1.30 bits per heavy atom. The lowest BCUT2D eigenvalue weighted by Crippen LogP contribution is -2.45. The Morgan fingerprint density at radius 2 is 2.05 bits per heavy atom. The summed E-state index contributed by atoms with van der Waals surface area (Å²) < 4.78 is 33.0. The monoisotopic (exact) mass is 298 g/mol. The normalized spacial score (nSPS) is 19.9. The van der Waals surface area contributed by atoms with E-state index in [0.29, 0.717) is 22.8 Å². The van der Waals surface area contributed by atoms with Gasteiger partial charge in [0.15, 0.2) is 0 Å². The topological polar surface area (TPSA) is 67.4 Å². The predicted molar refractivity (Wildman–Crippen MR) is 78.7 cm³/mol. The van der Waals surface area contributed by atoms with Crippen LogP contribution in [-0.2, 0) is 10.0 Å². The number of rotatable bonds is 4. The molecule has 6 heteroatoms. The summed E-state index contributed by atoms with van der Waals surface area (Å²) in [5.41, 5.74) is 1.52. The second-order valence-electron chi connectivity index (χ2n) is 5.25. The Labute approximate surface area is 120 Å². The van der Waals surface area contributed by atoms with Crippen LogP contribution in [0.2, 0.25) is 0 Å². The van der Waals surface area contributed by atoms with Gasteiger partial charge in [0.1, 0.15) is 5.75 Å². The minimum atomic E-state index is -3.48. The van der Waals surface area contributed by atoms with Crippen LogP contribution in [0.1, 0.15) is 24.0 Å². The largest absolute Gasteiger partial charge is 0.496 e. The van der Waals surface area contributed by atoms with Crippen LogP contribution in [0.5, 0.6) is 5.75 Å². The van der Waals surface area contributed by atoms with Gasteiger partial charge in [0.05, 0.1) is 12.0 Å². The van der Waals surface area contributed by atoms with Crippen molar-refractivity contribution >= 4 is 10.0 Å². The van der Waals surface area contributed by atoms with Crippen molar-refractivity contribution in [3.63, 3.8) is 0 Å². The third-order valence-electron chi connectivity index (χ3n) is 3.60. The first-order valence-corrected chi connectivity index (χ1v) is 8.30. The van der Waals surface area contributed by atoms with Crippen molar-refractivity contribution in [1.82, 2.24) is 10.0 Å². The summed E-state index contributed by atoms with van der Waals surface area (Å²) in [6.45, 7) is 5.28. The maximum atomic E-state index is 12.5. The van der Waals surface area contributed by atoms with Gasteiger partial charge in [-0.3, -0.25) is 0 Å². The Balaban J connectivity index is 2.26. The maximum absolute atomic E-state index is 12.5. The van der Waals surface area contributed by atoms with Crippen LogP contribution in [-0.4, -0.2) is 34.7 Å². The van der Waals surface area contributed by atoms with Gasteiger partial charge < -0.3 is 10.1 Å². The average Bonchev–Trinajstić information content (AvgIpc) is 2.41. The Bertz CT molecular complexity index is 578. The van der Waals surface area contributed by atoms with Crippen molar-refractivity contribution in [2.24, 2.45) is 0 Å². The van der Waals surface area contributed by atoms with E-state index in [9.17, 15) is 8.42 Å².